The van der Waals surface area contributed by atoms with Gasteiger partial charge in [0.1, 0.15) is 0 Å². The summed E-state index contributed by atoms with van der Waals surface area (Å²) in [6.45, 7) is 25.4. The zero-order chi connectivity index (χ0) is 32.7. The average Bonchev–Trinajstić information content (AvgIpc) is 2.92. The molecule has 3 aromatic carbocycles. The Labute approximate surface area is 281 Å². The Hall–Kier alpha value is -1.10. The number of rotatable bonds is 6. The van der Waals surface area contributed by atoms with Gasteiger partial charge in [-0.3, -0.25) is 0 Å². The summed E-state index contributed by atoms with van der Waals surface area (Å²) in [5, 5.41) is 13.4. The van der Waals surface area contributed by atoms with Crippen LogP contribution in [-0.4, -0.2) is 39.4 Å². The van der Waals surface area contributed by atoms with Gasteiger partial charge in [-0.05, 0) is 0 Å². The predicted octanol–water partition coefficient (Wildman–Crippen LogP) is 13.2. The van der Waals surface area contributed by atoms with E-state index < -0.39 is 19.8 Å². The number of hydrogen-bond acceptors (Lipinski definition) is 0. The summed E-state index contributed by atoms with van der Waals surface area (Å²) in [7, 11) is 0. The normalized spacial score (nSPS) is 10.6. The summed E-state index contributed by atoms with van der Waals surface area (Å²) in [6, 6.07) is 30.3. The minimum atomic E-state index is -0.543. The fourth-order valence-electron chi connectivity index (χ4n) is 2.59. The number of hydrogen-bond donors (Lipinski definition) is 0. The molecule has 42 heavy (non-hydrogen) atoms. The van der Waals surface area contributed by atoms with E-state index in [-0.39, 0.29) is 16.2 Å². The first-order valence-electron chi connectivity index (χ1n) is 14.6. The molecule has 3 rings (SSSR count). The summed E-state index contributed by atoms with van der Waals surface area (Å²) in [6.07, 6.45) is 0. The molecule has 3 nitrogen and oxygen atoms in total. The van der Waals surface area contributed by atoms with Crippen LogP contribution in [0.3, 0.4) is 0 Å². The second kappa shape index (κ2) is 24.2. The molecule has 0 heterocycles. The van der Waals surface area contributed by atoms with Crippen LogP contribution >= 0.6 is 6.67 Å². The Morgan fingerprint density at radius 3 is 0.762 bits per heavy atom. The van der Waals surface area contributed by atoms with Gasteiger partial charge in [0.15, 0.2) is 0 Å². The van der Waals surface area contributed by atoms with Crippen molar-refractivity contribution in [3.05, 3.63) is 107 Å². The summed E-state index contributed by atoms with van der Waals surface area (Å²) < 4.78 is 0. The van der Waals surface area contributed by atoms with Gasteiger partial charge in [0.2, 0.25) is 0 Å². The number of nitrogens with zero attached hydrogens (tertiary/aromatic N) is 3. The van der Waals surface area contributed by atoms with Crippen LogP contribution in [0, 0.1) is 16.2 Å². The zero-order valence-corrected chi connectivity index (χ0v) is 34.6. The molecule has 234 valence electrons. The Morgan fingerprint density at radius 1 is 0.452 bits per heavy atom. The molecule has 0 N–H and O–H groups in total. The van der Waals surface area contributed by atoms with E-state index in [4.69, 9.17) is 0 Å². The van der Waals surface area contributed by atoms with Crippen molar-refractivity contribution in [1.29, 1.82) is 0 Å². The van der Waals surface area contributed by atoms with Gasteiger partial charge < -0.3 is 16.0 Å². The molecule has 0 aromatic heterocycles. The van der Waals surface area contributed by atoms with E-state index in [0.717, 1.165) is 36.7 Å². The fraction of sp³-hybridized carbons (Fsp3) is 0.500. The summed E-state index contributed by atoms with van der Waals surface area (Å²) >= 11 is 1.01. The van der Waals surface area contributed by atoms with E-state index in [1.165, 1.54) is 0 Å². The third-order valence-electron chi connectivity index (χ3n) is 4.48. The van der Waals surface area contributed by atoms with Crippen molar-refractivity contribution in [2.24, 2.45) is 16.2 Å². The average molecular weight is 775 g/mol. The molecule has 0 aliphatic carbocycles. The molecule has 0 spiro atoms. The van der Waals surface area contributed by atoms with Crippen LogP contribution in [0.5, 0.6) is 0 Å². The molecule has 0 unspecified atom stereocenters. The van der Waals surface area contributed by atoms with Gasteiger partial charge >= 0.3 is 61.3 Å². The number of benzene rings is 3. The van der Waals surface area contributed by atoms with Crippen LogP contribution in [0.1, 0.15) is 62.3 Å². The van der Waals surface area contributed by atoms with Gasteiger partial charge in [-0.1, -0.05) is 170 Å². The quantitative estimate of drug-likeness (QED) is 0.177. The van der Waals surface area contributed by atoms with Crippen molar-refractivity contribution in [2.75, 3.05) is 19.6 Å². The van der Waals surface area contributed by atoms with Gasteiger partial charge in [-0.25, -0.2) is 0 Å². The molecule has 6 heteroatoms. The van der Waals surface area contributed by atoms with Gasteiger partial charge in [0.25, 0.3) is 0 Å². The third kappa shape index (κ3) is 33.4. The van der Waals surface area contributed by atoms with Gasteiger partial charge in [-0.2, -0.15) is 0 Å². The third-order valence-corrected chi connectivity index (χ3v) is 4.48. The fourth-order valence-corrected chi connectivity index (χ4v) is 2.59. The van der Waals surface area contributed by atoms with Crippen molar-refractivity contribution in [1.82, 2.24) is 0 Å². The molecule has 0 saturated heterocycles. The molecule has 0 atom stereocenters. The summed E-state index contributed by atoms with van der Waals surface area (Å²) in [5.74, 6) is 0. The first kappa shape index (κ1) is 43.0. The van der Waals surface area contributed by atoms with Crippen molar-refractivity contribution in [3.63, 3.8) is 0 Å². The maximum absolute atomic E-state index is 4.48. The molecule has 3 aromatic rings. The van der Waals surface area contributed by atoms with Crippen molar-refractivity contribution in [2.45, 2.75) is 77.1 Å². The summed E-state index contributed by atoms with van der Waals surface area (Å²) in [5.41, 5.74) is 4.09. The molecule has 0 fully saturated rings. The first-order chi connectivity index (χ1) is 19.5. The van der Waals surface area contributed by atoms with E-state index in [2.05, 4.69) is 99.8 Å². The summed E-state index contributed by atoms with van der Waals surface area (Å²) in [4.78, 5) is 7.09. The van der Waals surface area contributed by atoms with Crippen LogP contribution in [-0.2, 0) is 20.0 Å². The topological polar surface area (TPSA) is 42.3 Å². The maximum atomic E-state index is 4.48. The molecular weight excluding hydrogens is 717 g/mol. The van der Waals surface area contributed by atoms with E-state index >= 15 is 0 Å². The van der Waals surface area contributed by atoms with E-state index in [9.17, 15) is 0 Å². The molecular formula is C36H58N3NbPSn-3. The molecule has 0 aliphatic rings. The minimum absolute atomic E-state index is 0.288. The van der Waals surface area contributed by atoms with Gasteiger partial charge in [-0.15, -0.1) is 36.7 Å². The molecule has 0 bridgehead atoms. The van der Waals surface area contributed by atoms with E-state index in [1.54, 1.807) is 20.0 Å². The predicted molar refractivity (Wildman–Crippen MR) is 193 cm³/mol. The second-order valence-corrected chi connectivity index (χ2v) is 22.7. The van der Waals surface area contributed by atoms with Crippen molar-refractivity contribution >= 4 is 43.5 Å². The van der Waals surface area contributed by atoms with Gasteiger partial charge in [0.05, 0.1) is 0 Å². The Bertz CT molecular complexity index is 867. The first-order valence-corrected chi connectivity index (χ1v) is 26.9. The van der Waals surface area contributed by atoms with Crippen molar-refractivity contribution in [3.8, 4) is 0 Å². The Kier molecular flexibility index (Phi) is 24.8. The SMILES string of the molecule is CC(C)(C)C[N-]c1ccccc1.CC(C)(C)C[N-]c1ccccc1.CC(C)(C)C[N-]c1ccccc1.[CH3][Sn]([CH3])[CH3].[PH]=[Nb]. The standard InChI is InChI=1S/3C11H16N.3CH3.Nb.HP.Sn/c3*1-11(2,3)9-12-10-7-5-4-6-8-10;;;;;;/h3*4-8H,9H2,1-3H3;3*1H3;;1H;/q3*-1;;;;;;. The number of para-hydroxylation sites is 3. The zero-order valence-electron chi connectivity index (χ0n) is 28.6. The van der Waals surface area contributed by atoms with E-state index in [0.29, 0.717) is 0 Å². The van der Waals surface area contributed by atoms with Crippen LogP contribution in [0.25, 0.3) is 16.0 Å². The van der Waals surface area contributed by atoms with Crippen LogP contribution < -0.4 is 0 Å². The molecule has 0 amide bonds. The van der Waals surface area contributed by atoms with Crippen LogP contribution in [0.15, 0.2) is 91.0 Å². The molecule has 1 radical (unpaired) electrons. The van der Waals surface area contributed by atoms with Crippen molar-refractivity contribution < 1.29 is 20.0 Å². The van der Waals surface area contributed by atoms with Crippen LogP contribution in [0.2, 0.25) is 14.8 Å². The Balaban J connectivity index is 0. The monoisotopic (exact) mass is 776 g/mol. The van der Waals surface area contributed by atoms with E-state index in [1.807, 2.05) is 91.0 Å². The Morgan fingerprint density at radius 2 is 0.619 bits per heavy atom. The molecule has 0 aliphatic heterocycles. The van der Waals surface area contributed by atoms with Gasteiger partial charge in [0, 0.05) is 0 Å². The van der Waals surface area contributed by atoms with Crippen LogP contribution in [0.4, 0.5) is 17.1 Å². The second-order valence-electron chi connectivity index (χ2n) is 14.1. The molecule has 0 saturated carbocycles.